The van der Waals surface area contributed by atoms with E-state index >= 15 is 0 Å². The topological polar surface area (TPSA) is 15.3 Å². The van der Waals surface area contributed by atoms with Gasteiger partial charge in [-0.1, -0.05) is 35.9 Å². The Hall–Kier alpha value is -1.51. The van der Waals surface area contributed by atoms with Crippen LogP contribution < -0.4 is 10.2 Å². The van der Waals surface area contributed by atoms with Gasteiger partial charge in [0.2, 0.25) is 0 Å². The third kappa shape index (κ3) is 3.75. The molecule has 2 aromatic carbocycles. The van der Waals surface area contributed by atoms with Crippen molar-refractivity contribution in [3.63, 3.8) is 0 Å². The normalized spacial score (nSPS) is 12.2. The van der Waals surface area contributed by atoms with E-state index in [0.717, 1.165) is 11.6 Å². The standard InChI is InChI=1S/C17H21ClN2/c1-13(19-2)15-6-10-17(11-7-15)20(3)12-14-4-8-16(18)9-5-14/h4-11,13,19H,12H2,1-3H3. The van der Waals surface area contributed by atoms with E-state index in [1.807, 2.05) is 19.2 Å². The van der Waals surface area contributed by atoms with Crippen LogP contribution in [0.1, 0.15) is 24.1 Å². The van der Waals surface area contributed by atoms with Crippen LogP contribution in [0.3, 0.4) is 0 Å². The number of anilines is 1. The highest BCUT2D eigenvalue weighted by Gasteiger charge is 2.05. The maximum absolute atomic E-state index is 5.91. The average Bonchev–Trinajstić information content (AvgIpc) is 2.49. The molecule has 2 aromatic rings. The van der Waals surface area contributed by atoms with Gasteiger partial charge in [-0.05, 0) is 49.4 Å². The quantitative estimate of drug-likeness (QED) is 0.884. The summed E-state index contributed by atoms with van der Waals surface area (Å²) in [6, 6.07) is 17.1. The van der Waals surface area contributed by atoms with Crippen molar-refractivity contribution in [3.05, 3.63) is 64.7 Å². The number of halogens is 1. The lowest BCUT2D eigenvalue weighted by atomic mass is 10.1. The monoisotopic (exact) mass is 288 g/mol. The number of rotatable bonds is 5. The van der Waals surface area contributed by atoms with Gasteiger partial charge in [0.05, 0.1) is 0 Å². The zero-order valence-electron chi connectivity index (χ0n) is 12.2. The minimum absolute atomic E-state index is 0.380. The van der Waals surface area contributed by atoms with Crippen LogP contribution in [0.4, 0.5) is 5.69 Å². The number of nitrogens with zero attached hydrogens (tertiary/aromatic N) is 1. The first-order chi connectivity index (χ1) is 9.60. The largest absolute Gasteiger partial charge is 0.370 e. The minimum Gasteiger partial charge on any atom is -0.370 e. The Balaban J connectivity index is 2.05. The van der Waals surface area contributed by atoms with E-state index in [1.165, 1.54) is 16.8 Å². The Kier molecular flexibility index (Phi) is 5.05. The van der Waals surface area contributed by atoms with Gasteiger partial charge in [0, 0.05) is 30.3 Å². The maximum atomic E-state index is 5.91. The molecule has 0 spiro atoms. The van der Waals surface area contributed by atoms with E-state index in [4.69, 9.17) is 11.6 Å². The molecule has 0 aromatic heterocycles. The Labute approximate surface area is 126 Å². The van der Waals surface area contributed by atoms with Crippen molar-refractivity contribution in [1.29, 1.82) is 0 Å². The number of hydrogen-bond donors (Lipinski definition) is 1. The second-order valence-electron chi connectivity index (χ2n) is 5.08. The van der Waals surface area contributed by atoms with E-state index in [0.29, 0.717) is 6.04 Å². The molecule has 0 radical (unpaired) electrons. The molecule has 0 bridgehead atoms. The summed E-state index contributed by atoms with van der Waals surface area (Å²) in [6.07, 6.45) is 0. The minimum atomic E-state index is 0.380. The highest BCUT2D eigenvalue weighted by molar-refractivity contribution is 6.30. The molecule has 0 aliphatic rings. The van der Waals surface area contributed by atoms with Crippen molar-refractivity contribution < 1.29 is 0 Å². The predicted molar refractivity (Wildman–Crippen MR) is 87.5 cm³/mol. The van der Waals surface area contributed by atoms with Gasteiger partial charge in [0.15, 0.2) is 0 Å². The Morgan fingerprint density at radius 2 is 1.65 bits per heavy atom. The molecule has 0 saturated heterocycles. The van der Waals surface area contributed by atoms with Crippen molar-refractivity contribution in [1.82, 2.24) is 5.32 Å². The molecule has 1 N–H and O–H groups in total. The first kappa shape index (κ1) is 14.9. The Morgan fingerprint density at radius 3 is 2.20 bits per heavy atom. The van der Waals surface area contributed by atoms with Crippen molar-refractivity contribution in [2.24, 2.45) is 0 Å². The van der Waals surface area contributed by atoms with Crippen molar-refractivity contribution in [2.45, 2.75) is 19.5 Å². The van der Waals surface area contributed by atoms with Crippen LogP contribution in [0.25, 0.3) is 0 Å². The molecule has 0 aliphatic heterocycles. The molecular weight excluding hydrogens is 268 g/mol. The summed E-state index contributed by atoms with van der Waals surface area (Å²) in [6.45, 7) is 3.03. The van der Waals surface area contributed by atoms with E-state index in [9.17, 15) is 0 Å². The molecule has 1 unspecified atom stereocenters. The third-order valence-corrected chi connectivity index (χ3v) is 3.85. The zero-order valence-corrected chi connectivity index (χ0v) is 13.0. The first-order valence-electron chi connectivity index (χ1n) is 6.83. The highest BCUT2D eigenvalue weighted by Crippen LogP contribution is 2.20. The number of benzene rings is 2. The molecule has 2 nitrogen and oxygen atoms in total. The van der Waals surface area contributed by atoms with Gasteiger partial charge >= 0.3 is 0 Å². The van der Waals surface area contributed by atoms with Crippen LogP contribution in [-0.4, -0.2) is 14.1 Å². The smallest absolute Gasteiger partial charge is 0.0426 e. The van der Waals surface area contributed by atoms with Crippen LogP contribution in [0, 0.1) is 0 Å². The fourth-order valence-corrected chi connectivity index (χ4v) is 2.27. The molecule has 2 rings (SSSR count). The lowest BCUT2D eigenvalue weighted by molar-refractivity contribution is 0.652. The summed E-state index contributed by atoms with van der Waals surface area (Å²) >= 11 is 5.91. The van der Waals surface area contributed by atoms with Crippen LogP contribution in [-0.2, 0) is 6.54 Å². The van der Waals surface area contributed by atoms with Gasteiger partial charge in [0.25, 0.3) is 0 Å². The Bertz CT molecular complexity index is 534. The summed E-state index contributed by atoms with van der Waals surface area (Å²) < 4.78 is 0. The summed E-state index contributed by atoms with van der Waals surface area (Å²) in [4.78, 5) is 2.23. The molecule has 106 valence electrons. The van der Waals surface area contributed by atoms with Crippen molar-refractivity contribution in [3.8, 4) is 0 Å². The van der Waals surface area contributed by atoms with Gasteiger partial charge in [-0.3, -0.25) is 0 Å². The molecule has 0 fully saturated rings. The van der Waals surface area contributed by atoms with E-state index in [1.54, 1.807) is 0 Å². The molecule has 0 amide bonds. The summed E-state index contributed by atoms with van der Waals surface area (Å²) in [5.41, 5.74) is 3.77. The van der Waals surface area contributed by atoms with Crippen LogP contribution in [0.5, 0.6) is 0 Å². The lowest BCUT2D eigenvalue weighted by Gasteiger charge is -2.20. The molecule has 3 heteroatoms. The number of hydrogen-bond acceptors (Lipinski definition) is 2. The predicted octanol–water partition coefficient (Wildman–Crippen LogP) is 4.26. The summed E-state index contributed by atoms with van der Waals surface area (Å²) in [5, 5.41) is 4.03. The Morgan fingerprint density at radius 1 is 1.05 bits per heavy atom. The molecule has 0 aliphatic carbocycles. The summed E-state index contributed by atoms with van der Waals surface area (Å²) in [5.74, 6) is 0. The van der Waals surface area contributed by atoms with Gasteiger partial charge < -0.3 is 10.2 Å². The SMILES string of the molecule is CNC(C)c1ccc(N(C)Cc2ccc(Cl)cc2)cc1. The number of nitrogens with one attached hydrogen (secondary N) is 1. The fourth-order valence-electron chi connectivity index (χ4n) is 2.14. The average molecular weight is 289 g/mol. The van der Waals surface area contributed by atoms with Crippen molar-refractivity contribution >= 4 is 17.3 Å². The van der Waals surface area contributed by atoms with Crippen LogP contribution >= 0.6 is 11.6 Å². The lowest BCUT2D eigenvalue weighted by Crippen LogP contribution is -2.17. The van der Waals surface area contributed by atoms with Crippen molar-refractivity contribution in [2.75, 3.05) is 19.0 Å². The van der Waals surface area contributed by atoms with Gasteiger partial charge in [0.1, 0.15) is 0 Å². The second kappa shape index (κ2) is 6.78. The molecule has 20 heavy (non-hydrogen) atoms. The fraction of sp³-hybridized carbons (Fsp3) is 0.294. The molecule has 0 heterocycles. The second-order valence-corrected chi connectivity index (χ2v) is 5.52. The van der Waals surface area contributed by atoms with E-state index < -0.39 is 0 Å². The van der Waals surface area contributed by atoms with Crippen LogP contribution in [0.15, 0.2) is 48.5 Å². The summed E-state index contributed by atoms with van der Waals surface area (Å²) in [7, 11) is 4.08. The van der Waals surface area contributed by atoms with E-state index in [2.05, 4.69) is 60.6 Å². The van der Waals surface area contributed by atoms with Gasteiger partial charge in [-0.2, -0.15) is 0 Å². The molecule has 0 saturated carbocycles. The first-order valence-corrected chi connectivity index (χ1v) is 7.20. The third-order valence-electron chi connectivity index (χ3n) is 3.60. The molecular formula is C17H21ClN2. The maximum Gasteiger partial charge on any atom is 0.0426 e. The highest BCUT2D eigenvalue weighted by atomic mass is 35.5. The van der Waals surface area contributed by atoms with Gasteiger partial charge in [-0.25, -0.2) is 0 Å². The zero-order chi connectivity index (χ0) is 14.5. The van der Waals surface area contributed by atoms with Crippen LogP contribution in [0.2, 0.25) is 5.02 Å². The van der Waals surface area contributed by atoms with Gasteiger partial charge in [-0.15, -0.1) is 0 Å². The molecule has 1 atom stereocenters. The van der Waals surface area contributed by atoms with E-state index in [-0.39, 0.29) is 0 Å².